The second kappa shape index (κ2) is 15.6. The Balaban J connectivity index is 1.41. The molecule has 9 heteroatoms. The molecule has 0 radical (unpaired) electrons. The van der Waals surface area contributed by atoms with Gasteiger partial charge in [0.25, 0.3) is 0 Å². The van der Waals surface area contributed by atoms with Gasteiger partial charge in [-0.3, -0.25) is 4.98 Å². The Kier molecular flexibility index (Phi) is 11.1. The number of nitrogens with one attached hydrogen (secondary N) is 3. The van der Waals surface area contributed by atoms with Gasteiger partial charge in [0.15, 0.2) is 5.82 Å². The molecule has 2 heterocycles. The molecule has 46 heavy (non-hydrogen) atoms. The molecule has 0 fully saturated rings. The summed E-state index contributed by atoms with van der Waals surface area (Å²) in [7, 11) is 1.57. The van der Waals surface area contributed by atoms with Crippen molar-refractivity contribution in [2.45, 2.75) is 26.9 Å². The lowest BCUT2D eigenvalue weighted by Gasteiger charge is -2.17. The molecule has 0 aliphatic carbocycles. The van der Waals surface area contributed by atoms with E-state index in [2.05, 4.69) is 51.0 Å². The highest BCUT2D eigenvalue weighted by Crippen LogP contribution is 2.35. The zero-order valence-corrected chi connectivity index (χ0v) is 26.4. The number of fused-ring (bicyclic) bond motifs is 1. The Hall–Kier alpha value is -4.67. The van der Waals surface area contributed by atoms with Crippen LogP contribution in [0.5, 0.6) is 5.75 Å². The number of aliphatic hydroxyl groups excluding tert-OH is 2. The van der Waals surface area contributed by atoms with Crippen molar-refractivity contribution in [2.24, 2.45) is 0 Å². The summed E-state index contributed by atoms with van der Waals surface area (Å²) in [5.41, 5.74) is 8.83. The maximum atomic E-state index is 15.6. The van der Waals surface area contributed by atoms with Crippen molar-refractivity contribution in [3.05, 3.63) is 113 Å². The monoisotopic (exact) mass is 621 g/mol. The molecular formula is C37H40FN5O3. The van der Waals surface area contributed by atoms with Crippen molar-refractivity contribution in [1.82, 2.24) is 20.6 Å². The molecule has 0 unspecified atom stereocenters. The van der Waals surface area contributed by atoms with Gasteiger partial charge in [-0.05, 0) is 77.6 Å². The third-order valence-corrected chi connectivity index (χ3v) is 7.98. The van der Waals surface area contributed by atoms with Gasteiger partial charge in [0.05, 0.1) is 20.3 Å². The summed E-state index contributed by atoms with van der Waals surface area (Å²) in [5.74, 6) is 0.888. The summed E-state index contributed by atoms with van der Waals surface area (Å²) in [6, 6.07) is 21.3. The van der Waals surface area contributed by atoms with Gasteiger partial charge in [0, 0.05) is 60.8 Å². The summed E-state index contributed by atoms with van der Waals surface area (Å²) in [6.07, 6.45) is 5.15. The molecule has 2 aromatic heterocycles. The number of aromatic nitrogens is 2. The lowest BCUT2D eigenvalue weighted by Crippen LogP contribution is -2.17. The van der Waals surface area contributed by atoms with Crippen LogP contribution in [0.1, 0.15) is 33.4 Å². The number of ether oxygens (including phenoxy) is 1. The Morgan fingerprint density at radius 2 is 1.61 bits per heavy atom. The number of anilines is 2. The van der Waals surface area contributed by atoms with Gasteiger partial charge >= 0.3 is 0 Å². The molecule has 3 aromatic carbocycles. The van der Waals surface area contributed by atoms with Gasteiger partial charge < -0.3 is 30.9 Å². The highest BCUT2D eigenvalue weighted by Gasteiger charge is 2.14. The van der Waals surface area contributed by atoms with Crippen molar-refractivity contribution in [3.8, 4) is 16.9 Å². The summed E-state index contributed by atoms with van der Waals surface area (Å²) >= 11 is 0. The van der Waals surface area contributed by atoms with Gasteiger partial charge in [0.2, 0.25) is 0 Å². The number of pyridine rings is 2. The van der Waals surface area contributed by atoms with Crippen molar-refractivity contribution in [3.63, 3.8) is 0 Å². The van der Waals surface area contributed by atoms with Crippen molar-refractivity contribution in [1.29, 1.82) is 0 Å². The Morgan fingerprint density at radius 3 is 2.37 bits per heavy atom. The van der Waals surface area contributed by atoms with Crippen LogP contribution in [0.15, 0.2) is 79.1 Å². The maximum absolute atomic E-state index is 15.6. The molecule has 0 aliphatic heterocycles. The molecule has 5 N–H and O–H groups in total. The van der Waals surface area contributed by atoms with E-state index in [1.54, 1.807) is 31.5 Å². The van der Waals surface area contributed by atoms with Gasteiger partial charge in [-0.1, -0.05) is 42.5 Å². The van der Waals surface area contributed by atoms with Gasteiger partial charge in [-0.15, -0.1) is 0 Å². The quantitative estimate of drug-likeness (QED) is 0.0726. The standard InChI is InChI=1S/C37H40FN5O3/c1-24-27(19-33(38)28-10-11-30(23-40-15-17-45)35(20-28)46-3)6-4-7-31(24)32-8-5-9-34(25(32)2)43-37-36-29(12-13-41-37)18-26(22-42-36)21-39-14-16-44/h4-13,18-20,22,39-40,44-45H,14-17,21,23H2,1-3H3,(H,41,43)/b33-19-. The molecule has 0 aliphatic rings. The number of methoxy groups -OCH3 is 1. The average Bonchev–Trinajstić information content (AvgIpc) is 3.07. The van der Waals surface area contributed by atoms with Crippen LogP contribution in [-0.2, 0) is 13.1 Å². The number of benzene rings is 3. The summed E-state index contributed by atoms with van der Waals surface area (Å²) in [6.45, 7) is 6.34. The van der Waals surface area contributed by atoms with E-state index in [0.717, 1.165) is 55.5 Å². The molecule has 0 bridgehead atoms. The van der Waals surface area contributed by atoms with Crippen LogP contribution in [-0.4, -0.2) is 53.6 Å². The zero-order valence-electron chi connectivity index (χ0n) is 26.4. The predicted molar refractivity (Wildman–Crippen MR) is 184 cm³/mol. The van der Waals surface area contributed by atoms with Crippen LogP contribution in [0.2, 0.25) is 0 Å². The van der Waals surface area contributed by atoms with E-state index in [1.165, 1.54) is 0 Å². The number of nitrogens with zero attached hydrogens (tertiary/aromatic N) is 2. The van der Waals surface area contributed by atoms with Gasteiger partial charge in [-0.25, -0.2) is 9.37 Å². The van der Waals surface area contributed by atoms with Crippen LogP contribution < -0.4 is 20.7 Å². The smallest absolute Gasteiger partial charge is 0.156 e. The molecule has 5 aromatic rings. The van der Waals surface area contributed by atoms with Gasteiger partial charge in [-0.2, -0.15) is 0 Å². The normalized spacial score (nSPS) is 11.7. The lowest BCUT2D eigenvalue weighted by molar-refractivity contribution is 0.291. The van der Waals surface area contributed by atoms with E-state index in [-0.39, 0.29) is 19.0 Å². The number of hydrogen-bond acceptors (Lipinski definition) is 8. The van der Waals surface area contributed by atoms with Crippen molar-refractivity contribution in [2.75, 3.05) is 38.7 Å². The molecule has 238 valence electrons. The number of aliphatic hydroxyl groups is 2. The third-order valence-electron chi connectivity index (χ3n) is 7.98. The topological polar surface area (TPSA) is 112 Å². The molecule has 5 rings (SSSR count). The van der Waals surface area contributed by atoms with Crippen LogP contribution in [0.3, 0.4) is 0 Å². The molecular weight excluding hydrogens is 581 g/mol. The number of rotatable bonds is 14. The molecule has 0 saturated carbocycles. The second-order valence-corrected chi connectivity index (χ2v) is 11.0. The fourth-order valence-corrected chi connectivity index (χ4v) is 5.46. The first kappa shape index (κ1) is 32.7. The van der Waals surface area contributed by atoms with Crippen molar-refractivity contribution >= 4 is 34.3 Å². The maximum Gasteiger partial charge on any atom is 0.156 e. The van der Waals surface area contributed by atoms with Crippen LogP contribution in [0.25, 0.3) is 33.9 Å². The van der Waals surface area contributed by atoms with Gasteiger partial charge in [0.1, 0.15) is 17.1 Å². The van der Waals surface area contributed by atoms with E-state index < -0.39 is 0 Å². The fourth-order valence-electron chi connectivity index (χ4n) is 5.46. The fraction of sp³-hybridized carbons (Fsp3) is 0.243. The molecule has 0 amide bonds. The SMILES string of the molecule is COc1cc(/C(F)=C/c2cccc(-c3cccc(Nc4nccc5cc(CNCCO)cnc45)c3C)c2C)ccc1CNCCO. The highest BCUT2D eigenvalue weighted by atomic mass is 19.1. The number of halogens is 1. The molecule has 0 saturated heterocycles. The van der Waals surface area contributed by atoms with E-state index in [4.69, 9.17) is 14.9 Å². The van der Waals surface area contributed by atoms with E-state index in [0.29, 0.717) is 43.3 Å². The molecule has 8 nitrogen and oxygen atoms in total. The largest absolute Gasteiger partial charge is 0.496 e. The second-order valence-electron chi connectivity index (χ2n) is 11.0. The predicted octanol–water partition coefficient (Wildman–Crippen LogP) is 6.30. The minimum absolute atomic E-state index is 0.0438. The Bertz CT molecular complexity index is 1840. The number of hydrogen-bond donors (Lipinski definition) is 5. The summed E-state index contributed by atoms with van der Waals surface area (Å²) in [4.78, 5) is 9.27. The minimum Gasteiger partial charge on any atom is -0.496 e. The summed E-state index contributed by atoms with van der Waals surface area (Å²) < 4.78 is 21.1. The Morgan fingerprint density at radius 1 is 0.870 bits per heavy atom. The minimum atomic E-state index is -0.359. The third kappa shape index (κ3) is 7.58. The van der Waals surface area contributed by atoms with E-state index >= 15 is 4.39 Å². The van der Waals surface area contributed by atoms with Crippen LogP contribution in [0.4, 0.5) is 15.9 Å². The Labute approximate surface area is 269 Å². The average molecular weight is 622 g/mol. The zero-order chi connectivity index (χ0) is 32.5. The van der Waals surface area contributed by atoms with Crippen LogP contribution >= 0.6 is 0 Å². The lowest BCUT2D eigenvalue weighted by atomic mass is 9.92. The first-order chi connectivity index (χ1) is 22.4. The van der Waals surface area contributed by atoms with E-state index in [1.807, 2.05) is 49.5 Å². The summed E-state index contributed by atoms with van der Waals surface area (Å²) in [5, 5.41) is 28.8. The highest BCUT2D eigenvalue weighted by molar-refractivity contribution is 5.91. The molecule has 0 spiro atoms. The van der Waals surface area contributed by atoms with Crippen LogP contribution in [0, 0.1) is 13.8 Å². The molecule has 0 atom stereocenters. The first-order valence-electron chi connectivity index (χ1n) is 15.3. The first-order valence-corrected chi connectivity index (χ1v) is 15.3. The van der Waals surface area contributed by atoms with Crippen molar-refractivity contribution < 1.29 is 19.3 Å². The van der Waals surface area contributed by atoms with E-state index in [9.17, 15) is 0 Å².